The molecule has 0 spiro atoms. The van der Waals surface area contributed by atoms with Gasteiger partial charge in [0, 0.05) is 25.7 Å². The van der Waals surface area contributed by atoms with Crippen molar-refractivity contribution in [1.29, 1.82) is 0 Å². The Balaban J connectivity index is 2.10. The van der Waals surface area contributed by atoms with Crippen LogP contribution in [0.5, 0.6) is 0 Å². The van der Waals surface area contributed by atoms with E-state index in [0.717, 1.165) is 24.4 Å². The molecule has 6 heteroatoms. The van der Waals surface area contributed by atoms with Gasteiger partial charge >= 0.3 is 0 Å². The number of rotatable bonds is 1. The quantitative estimate of drug-likeness (QED) is 0.779. The van der Waals surface area contributed by atoms with Crippen LogP contribution < -0.4 is 5.32 Å². The molecule has 1 unspecified atom stereocenters. The highest BCUT2D eigenvalue weighted by Crippen LogP contribution is 2.30. The highest BCUT2D eigenvalue weighted by atomic mass is 35.5. The monoisotopic (exact) mass is 237 g/mol. The molecule has 1 aliphatic heterocycles. The van der Waals surface area contributed by atoms with Gasteiger partial charge in [0.05, 0.1) is 35.0 Å². The molecule has 0 amide bonds. The van der Waals surface area contributed by atoms with Crippen LogP contribution >= 0.6 is 11.6 Å². The smallest absolute Gasteiger partial charge is 0.0955 e. The summed E-state index contributed by atoms with van der Waals surface area (Å²) < 4.78 is 1.80. The van der Waals surface area contributed by atoms with Crippen molar-refractivity contribution in [2.24, 2.45) is 7.05 Å². The van der Waals surface area contributed by atoms with Crippen molar-refractivity contribution in [3.63, 3.8) is 0 Å². The molecule has 0 bridgehead atoms. The molecule has 1 aliphatic rings. The summed E-state index contributed by atoms with van der Waals surface area (Å²) >= 11 is 6.15. The molecule has 0 aliphatic carbocycles. The van der Waals surface area contributed by atoms with E-state index in [1.54, 1.807) is 17.2 Å². The molecule has 2 aromatic heterocycles. The minimum atomic E-state index is 0.0370. The van der Waals surface area contributed by atoms with Crippen molar-refractivity contribution in [2.45, 2.75) is 12.5 Å². The normalized spacial score (nSPS) is 19.8. The maximum absolute atomic E-state index is 6.15. The molecule has 5 nitrogen and oxygen atoms in total. The topological polar surface area (TPSA) is 58.5 Å². The second kappa shape index (κ2) is 3.61. The van der Waals surface area contributed by atoms with Crippen molar-refractivity contribution in [3.05, 3.63) is 34.6 Å². The third-order valence-corrected chi connectivity index (χ3v) is 3.25. The highest BCUT2D eigenvalue weighted by molar-refractivity contribution is 6.31. The number of aromatic amines is 1. The molecule has 2 aromatic rings. The highest BCUT2D eigenvalue weighted by Gasteiger charge is 2.27. The predicted molar refractivity (Wildman–Crippen MR) is 60.4 cm³/mol. The average Bonchev–Trinajstić information content (AvgIpc) is 2.86. The number of aryl methyl sites for hydroxylation is 1. The average molecular weight is 238 g/mol. The summed E-state index contributed by atoms with van der Waals surface area (Å²) in [6.07, 6.45) is 4.37. The van der Waals surface area contributed by atoms with E-state index in [1.807, 2.05) is 7.05 Å². The first-order valence-electron chi connectivity index (χ1n) is 5.20. The number of nitrogens with zero attached hydrogens (tertiary/aromatic N) is 3. The summed E-state index contributed by atoms with van der Waals surface area (Å²) in [6, 6.07) is 0.0370. The van der Waals surface area contributed by atoms with E-state index in [2.05, 4.69) is 20.4 Å². The van der Waals surface area contributed by atoms with Crippen LogP contribution in [0.15, 0.2) is 12.5 Å². The fourth-order valence-electron chi connectivity index (χ4n) is 2.19. The molecule has 0 fully saturated rings. The maximum atomic E-state index is 6.15. The van der Waals surface area contributed by atoms with Gasteiger partial charge in [-0.25, -0.2) is 4.98 Å². The Morgan fingerprint density at radius 2 is 2.44 bits per heavy atom. The Labute approximate surface area is 97.8 Å². The Bertz CT molecular complexity index is 496. The lowest BCUT2D eigenvalue weighted by molar-refractivity contribution is 0.518. The molecule has 16 heavy (non-hydrogen) atoms. The Morgan fingerprint density at radius 1 is 1.56 bits per heavy atom. The van der Waals surface area contributed by atoms with E-state index in [0.29, 0.717) is 5.02 Å². The van der Waals surface area contributed by atoms with Gasteiger partial charge in [-0.2, -0.15) is 5.10 Å². The SMILES string of the molecule is Cn1ncc(Cl)c1C1NCCc2[nH]cnc21. The second-order valence-corrected chi connectivity index (χ2v) is 4.31. The lowest BCUT2D eigenvalue weighted by Crippen LogP contribution is -2.32. The van der Waals surface area contributed by atoms with Crippen LogP contribution in [-0.2, 0) is 13.5 Å². The van der Waals surface area contributed by atoms with Crippen LogP contribution in [0.4, 0.5) is 0 Å². The zero-order valence-corrected chi connectivity index (χ0v) is 9.62. The van der Waals surface area contributed by atoms with Crippen molar-refractivity contribution in [2.75, 3.05) is 6.54 Å². The van der Waals surface area contributed by atoms with Gasteiger partial charge in [-0.1, -0.05) is 11.6 Å². The predicted octanol–water partition coefficient (Wildman–Crippen LogP) is 1.03. The Hall–Kier alpha value is -1.33. The molecule has 0 saturated heterocycles. The van der Waals surface area contributed by atoms with Gasteiger partial charge in [0.15, 0.2) is 0 Å². The number of hydrogen-bond donors (Lipinski definition) is 2. The van der Waals surface area contributed by atoms with Crippen molar-refractivity contribution < 1.29 is 0 Å². The van der Waals surface area contributed by atoms with Crippen LogP contribution in [0.1, 0.15) is 23.1 Å². The number of H-pyrrole nitrogens is 1. The first kappa shape index (κ1) is 9.86. The number of aromatic nitrogens is 4. The largest absolute Gasteiger partial charge is 0.348 e. The van der Waals surface area contributed by atoms with Gasteiger partial charge in [-0.15, -0.1) is 0 Å². The summed E-state index contributed by atoms with van der Waals surface area (Å²) in [4.78, 5) is 7.52. The van der Waals surface area contributed by atoms with E-state index in [9.17, 15) is 0 Å². The molecule has 1 atom stereocenters. The van der Waals surface area contributed by atoms with Gasteiger partial charge in [0.2, 0.25) is 0 Å². The summed E-state index contributed by atoms with van der Waals surface area (Å²) in [7, 11) is 1.89. The van der Waals surface area contributed by atoms with Crippen LogP contribution in [0.2, 0.25) is 5.02 Å². The van der Waals surface area contributed by atoms with Crippen LogP contribution in [0.3, 0.4) is 0 Å². The Kier molecular flexibility index (Phi) is 2.22. The number of nitrogens with one attached hydrogen (secondary N) is 2. The van der Waals surface area contributed by atoms with Crippen LogP contribution in [-0.4, -0.2) is 26.3 Å². The third kappa shape index (κ3) is 1.36. The van der Waals surface area contributed by atoms with E-state index in [-0.39, 0.29) is 6.04 Å². The summed E-state index contributed by atoms with van der Waals surface area (Å²) in [6.45, 7) is 0.918. The molecule has 2 N–H and O–H groups in total. The summed E-state index contributed by atoms with van der Waals surface area (Å²) in [5.74, 6) is 0. The summed E-state index contributed by atoms with van der Waals surface area (Å²) in [5, 5.41) is 8.25. The van der Waals surface area contributed by atoms with Gasteiger partial charge in [-0.05, 0) is 0 Å². The molecule has 84 valence electrons. The van der Waals surface area contributed by atoms with E-state index >= 15 is 0 Å². The number of hydrogen-bond acceptors (Lipinski definition) is 3. The van der Waals surface area contributed by atoms with E-state index in [4.69, 9.17) is 11.6 Å². The van der Waals surface area contributed by atoms with Crippen LogP contribution in [0, 0.1) is 0 Å². The summed E-state index contributed by atoms with van der Waals surface area (Å²) in [5.41, 5.74) is 3.17. The standard InChI is InChI=1S/C10H12ClN5/c1-16-10(6(11)4-15-16)9-8-7(2-3-12-9)13-5-14-8/h4-5,9,12H,2-3H2,1H3,(H,13,14). The zero-order chi connectivity index (χ0) is 11.1. The molecule has 3 heterocycles. The van der Waals surface area contributed by atoms with Crippen molar-refractivity contribution >= 4 is 11.6 Å². The minimum absolute atomic E-state index is 0.0370. The number of halogens is 1. The first-order valence-corrected chi connectivity index (χ1v) is 5.58. The third-order valence-electron chi connectivity index (χ3n) is 2.96. The zero-order valence-electron chi connectivity index (χ0n) is 8.87. The lowest BCUT2D eigenvalue weighted by atomic mass is 10.0. The van der Waals surface area contributed by atoms with Crippen LogP contribution in [0.25, 0.3) is 0 Å². The number of imidazole rings is 1. The molecule has 0 aromatic carbocycles. The molecule has 3 rings (SSSR count). The lowest BCUT2D eigenvalue weighted by Gasteiger charge is -2.23. The molecular weight excluding hydrogens is 226 g/mol. The van der Waals surface area contributed by atoms with Crippen molar-refractivity contribution in [1.82, 2.24) is 25.1 Å². The van der Waals surface area contributed by atoms with Crippen molar-refractivity contribution in [3.8, 4) is 0 Å². The second-order valence-electron chi connectivity index (χ2n) is 3.90. The van der Waals surface area contributed by atoms with Gasteiger partial charge in [-0.3, -0.25) is 4.68 Å². The molecule has 0 radical (unpaired) electrons. The molecular formula is C10H12ClN5. The van der Waals surface area contributed by atoms with Gasteiger partial charge < -0.3 is 10.3 Å². The van der Waals surface area contributed by atoms with Gasteiger partial charge in [0.1, 0.15) is 0 Å². The maximum Gasteiger partial charge on any atom is 0.0955 e. The fourth-order valence-corrected chi connectivity index (χ4v) is 2.46. The van der Waals surface area contributed by atoms with E-state index in [1.165, 1.54) is 5.69 Å². The Morgan fingerprint density at radius 3 is 3.19 bits per heavy atom. The van der Waals surface area contributed by atoms with E-state index < -0.39 is 0 Å². The number of fused-ring (bicyclic) bond motifs is 1. The fraction of sp³-hybridized carbons (Fsp3) is 0.400. The minimum Gasteiger partial charge on any atom is -0.348 e. The van der Waals surface area contributed by atoms with Gasteiger partial charge in [0.25, 0.3) is 0 Å². The molecule has 0 saturated carbocycles. The first-order chi connectivity index (χ1) is 7.77.